The van der Waals surface area contributed by atoms with Crippen LogP contribution in [0, 0.1) is 16.7 Å². The summed E-state index contributed by atoms with van der Waals surface area (Å²) >= 11 is 5.87. The summed E-state index contributed by atoms with van der Waals surface area (Å²) in [6.45, 7) is 2.24. The summed E-state index contributed by atoms with van der Waals surface area (Å²) in [6.07, 6.45) is 2.53. The van der Waals surface area contributed by atoms with Crippen LogP contribution in [0.5, 0.6) is 5.75 Å². The number of rotatable bonds is 2. The molecule has 88 valence electrons. The van der Waals surface area contributed by atoms with E-state index in [0.717, 1.165) is 31.7 Å². The molecule has 1 saturated carbocycles. The number of benzene rings is 1. The Morgan fingerprint density at radius 3 is 2.76 bits per heavy atom. The molecule has 1 aromatic carbocycles. The van der Waals surface area contributed by atoms with Crippen LogP contribution in [0.1, 0.15) is 18.4 Å². The Hall–Kier alpha value is -1.24. The van der Waals surface area contributed by atoms with Gasteiger partial charge < -0.3 is 10.1 Å². The Labute approximate surface area is 105 Å². The molecule has 1 N–H and O–H groups in total. The number of halogens is 1. The van der Waals surface area contributed by atoms with Crippen molar-refractivity contribution in [2.45, 2.75) is 18.9 Å². The van der Waals surface area contributed by atoms with Crippen molar-refractivity contribution >= 4 is 11.6 Å². The zero-order valence-electron chi connectivity index (χ0n) is 9.37. The van der Waals surface area contributed by atoms with Crippen molar-refractivity contribution in [2.24, 2.45) is 5.41 Å². The molecule has 2 fully saturated rings. The summed E-state index contributed by atoms with van der Waals surface area (Å²) in [4.78, 5) is 0. The largest absolute Gasteiger partial charge is 0.490 e. The molecule has 0 unspecified atom stereocenters. The van der Waals surface area contributed by atoms with E-state index in [1.807, 2.05) is 6.07 Å². The minimum Gasteiger partial charge on any atom is -0.490 e. The molecular formula is C13H13ClN2O. The van der Waals surface area contributed by atoms with Crippen LogP contribution in [0.25, 0.3) is 0 Å². The van der Waals surface area contributed by atoms with E-state index in [2.05, 4.69) is 11.4 Å². The lowest BCUT2D eigenvalue weighted by Gasteiger charge is -2.53. The van der Waals surface area contributed by atoms with Crippen molar-refractivity contribution in [1.82, 2.24) is 5.32 Å². The topological polar surface area (TPSA) is 45.0 Å². The monoisotopic (exact) mass is 248 g/mol. The summed E-state index contributed by atoms with van der Waals surface area (Å²) in [5, 5.41) is 12.7. The number of nitriles is 1. The molecule has 1 saturated heterocycles. The molecule has 4 heteroatoms. The summed E-state index contributed by atoms with van der Waals surface area (Å²) in [5.74, 6) is 0.748. The summed E-state index contributed by atoms with van der Waals surface area (Å²) in [6, 6.07) is 7.32. The van der Waals surface area contributed by atoms with Crippen LogP contribution >= 0.6 is 11.6 Å². The Morgan fingerprint density at radius 1 is 1.41 bits per heavy atom. The van der Waals surface area contributed by atoms with Gasteiger partial charge in [0.15, 0.2) is 0 Å². The summed E-state index contributed by atoms with van der Waals surface area (Å²) in [5.41, 5.74) is 0.985. The van der Waals surface area contributed by atoms with Crippen LogP contribution < -0.4 is 10.1 Å². The van der Waals surface area contributed by atoms with Gasteiger partial charge >= 0.3 is 0 Å². The molecule has 1 aliphatic heterocycles. The van der Waals surface area contributed by atoms with Crippen LogP contribution in [0.4, 0.5) is 0 Å². The van der Waals surface area contributed by atoms with Gasteiger partial charge in [0, 0.05) is 18.5 Å². The van der Waals surface area contributed by atoms with Gasteiger partial charge in [0.1, 0.15) is 11.8 Å². The van der Waals surface area contributed by atoms with Gasteiger partial charge in [-0.15, -0.1) is 0 Å². The maximum atomic E-state index is 8.88. The average molecular weight is 249 g/mol. The first-order valence-corrected chi connectivity index (χ1v) is 6.16. The molecule has 1 heterocycles. The minimum absolute atomic E-state index is 0.296. The maximum absolute atomic E-state index is 8.88. The second-order valence-corrected chi connectivity index (χ2v) is 5.41. The quantitative estimate of drug-likeness (QED) is 0.874. The van der Waals surface area contributed by atoms with Crippen LogP contribution in [0.3, 0.4) is 0 Å². The SMILES string of the molecule is N#Cc1cc(OC2CC3(CNC3)C2)ccc1Cl. The molecule has 1 aromatic rings. The van der Waals surface area contributed by atoms with Gasteiger partial charge in [0.2, 0.25) is 0 Å². The lowest BCUT2D eigenvalue weighted by atomic mass is 9.63. The van der Waals surface area contributed by atoms with Gasteiger partial charge in [0.25, 0.3) is 0 Å². The third kappa shape index (κ3) is 1.88. The predicted octanol–water partition coefficient (Wildman–Crippen LogP) is 2.34. The number of hydrogen-bond acceptors (Lipinski definition) is 3. The van der Waals surface area contributed by atoms with Crippen LogP contribution in [-0.2, 0) is 0 Å². The van der Waals surface area contributed by atoms with Gasteiger partial charge in [-0.3, -0.25) is 0 Å². The zero-order chi connectivity index (χ0) is 11.9. The summed E-state index contributed by atoms with van der Waals surface area (Å²) < 4.78 is 5.84. The highest BCUT2D eigenvalue weighted by atomic mass is 35.5. The number of ether oxygens (including phenoxy) is 1. The lowest BCUT2D eigenvalue weighted by molar-refractivity contribution is -0.0495. The first kappa shape index (κ1) is 10.9. The van der Waals surface area contributed by atoms with Gasteiger partial charge in [0.05, 0.1) is 16.7 Å². The van der Waals surface area contributed by atoms with Crippen molar-refractivity contribution in [3.8, 4) is 11.8 Å². The first-order chi connectivity index (χ1) is 8.21. The van der Waals surface area contributed by atoms with E-state index in [1.165, 1.54) is 0 Å². The van der Waals surface area contributed by atoms with Crippen molar-refractivity contribution in [3.63, 3.8) is 0 Å². The molecule has 3 nitrogen and oxygen atoms in total. The fourth-order valence-electron chi connectivity index (χ4n) is 2.61. The van der Waals surface area contributed by atoms with E-state index >= 15 is 0 Å². The number of nitrogens with zero attached hydrogens (tertiary/aromatic N) is 1. The van der Waals surface area contributed by atoms with E-state index in [-0.39, 0.29) is 0 Å². The second-order valence-electron chi connectivity index (χ2n) is 5.01. The fraction of sp³-hybridized carbons (Fsp3) is 0.462. The van der Waals surface area contributed by atoms with E-state index in [4.69, 9.17) is 21.6 Å². The molecule has 0 aromatic heterocycles. The highest BCUT2D eigenvalue weighted by Gasteiger charge is 2.49. The normalized spacial score (nSPS) is 21.4. The highest BCUT2D eigenvalue weighted by molar-refractivity contribution is 6.31. The van der Waals surface area contributed by atoms with Crippen LogP contribution in [0.15, 0.2) is 18.2 Å². The van der Waals surface area contributed by atoms with Crippen molar-refractivity contribution in [2.75, 3.05) is 13.1 Å². The molecule has 17 heavy (non-hydrogen) atoms. The minimum atomic E-state index is 0.296. The molecule has 1 spiro atoms. The summed E-state index contributed by atoms with van der Waals surface area (Å²) in [7, 11) is 0. The standard InChI is InChI=1S/C13H13ClN2O/c14-12-2-1-10(3-9(12)6-15)17-11-4-13(5-11)7-16-8-13/h1-3,11,16H,4-5,7-8H2. The highest BCUT2D eigenvalue weighted by Crippen LogP contribution is 2.45. The molecular weight excluding hydrogens is 236 g/mol. The van der Waals surface area contributed by atoms with Gasteiger partial charge in [-0.1, -0.05) is 11.6 Å². The molecule has 0 atom stereocenters. The Balaban J connectivity index is 1.64. The molecule has 0 bridgehead atoms. The average Bonchev–Trinajstić information content (AvgIpc) is 2.22. The van der Waals surface area contributed by atoms with Gasteiger partial charge in [-0.05, 0) is 31.0 Å². The van der Waals surface area contributed by atoms with E-state index in [1.54, 1.807) is 12.1 Å². The molecule has 1 aliphatic carbocycles. The van der Waals surface area contributed by atoms with E-state index in [0.29, 0.717) is 22.1 Å². The fourth-order valence-corrected chi connectivity index (χ4v) is 2.77. The second kappa shape index (κ2) is 3.90. The Bertz CT molecular complexity index is 483. The Kier molecular flexibility index (Phi) is 2.50. The third-order valence-corrected chi connectivity index (χ3v) is 4.01. The molecule has 2 aliphatic rings. The number of hydrogen-bond donors (Lipinski definition) is 1. The Morgan fingerprint density at radius 2 is 2.18 bits per heavy atom. The molecule has 3 rings (SSSR count). The molecule has 0 radical (unpaired) electrons. The first-order valence-electron chi connectivity index (χ1n) is 5.78. The van der Waals surface area contributed by atoms with E-state index < -0.39 is 0 Å². The lowest BCUT2D eigenvalue weighted by Crippen LogP contribution is -2.62. The third-order valence-electron chi connectivity index (χ3n) is 3.68. The van der Waals surface area contributed by atoms with Crippen LogP contribution in [-0.4, -0.2) is 19.2 Å². The number of nitrogens with one attached hydrogen (secondary N) is 1. The van der Waals surface area contributed by atoms with Crippen molar-refractivity contribution < 1.29 is 4.74 Å². The predicted molar refractivity (Wildman–Crippen MR) is 65.1 cm³/mol. The van der Waals surface area contributed by atoms with E-state index in [9.17, 15) is 0 Å². The maximum Gasteiger partial charge on any atom is 0.121 e. The van der Waals surface area contributed by atoms with Gasteiger partial charge in [-0.25, -0.2) is 0 Å². The zero-order valence-corrected chi connectivity index (χ0v) is 10.1. The van der Waals surface area contributed by atoms with Crippen molar-refractivity contribution in [1.29, 1.82) is 5.26 Å². The van der Waals surface area contributed by atoms with Crippen molar-refractivity contribution in [3.05, 3.63) is 28.8 Å². The molecule has 0 amide bonds. The van der Waals surface area contributed by atoms with Gasteiger partial charge in [-0.2, -0.15) is 5.26 Å². The smallest absolute Gasteiger partial charge is 0.121 e. The van der Waals surface area contributed by atoms with Crippen LogP contribution in [0.2, 0.25) is 5.02 Å².